The van der Waals surface area contributed by atoms with Crippen LogP contribution in [0.25, 0.3) is 0 Å². The van der Waals surface area contributed by atoms with Crippen LogP contribution < -0.4 is 16.4 Å². The van der Waals surface area contributed by atoms with Crippen molar-refractivity contribution in [3.8, 4) is 0 Å². The minimum atomic E-state index is -0.238. The van der Waals surface area contributed by atoms with Gasteiger partial charge < -0.3 is 16.4 Å². The highest BCUT2D eigenvalue weighted by Crippen LogP contribution is 2.23. The molecule has 5 nitrogen and oxygen atoms in total. The van der Waals surface area contributed by atoms with E-state index < -0.39 is 0 Å². The van der Waals surface area contributed by atoms with Crippen molar-refractivity contribution in [3.63, 3.8) is 0 Å². The van der Waals surface area contributed by atoms with E-state index in [-0.39, 0.29) is 23.8 Å². The van der Waals surface area contributed by atoms with E-state index >= 15 is 0 Å². The number of halogens is 1. The van der Waals surface area contributed by atoms with Crippen LogP contribution in [0.2, 0.25) is 5.02 Å². The Bertz CT molecular complexity index is 521. The predicted molar refractivity (Wildman–Crippen MR) is 82.1 cm³/mol. The second kappa shape index (κ2) is 7.43. The molecule has 0 aromatic heterocycles. The maximum Gasteiger partial charge on any atom is 0.252 e. The number of carbonyl (C=O) groups excluding carboxylic acids is 2. The molecule has 0 aliphatic heterocycles. The average molecular weight is 310 g/mol. The molecule has 1 aliphatic rings. The molecule has 1 aromatic carbocycles. The zero-order valence-electron chi connectivity index (χ0n) is 11.8. The minimum Gasteiger partial charge on any atom is -0.354 e. The van der Waals surface area contributed by atoms with Crippen molar-refractivity contribution < 1.29 is 9.59 Å². The van der Waals surface area contributed by atoms with E-state index in [0.717, 1.165) is 19.3 Å². The van der Waals surface area contributed by atoms with Crippen molar-refractivity contribution in [2.75, 3.05) is 13.1 Å². The Labute approximate surface area is 129 Å². The van der Waals surface area contributed by atoms with E-state index in [2.05, 4.69) is 10.6 Å². The Morgan fingerprint density at radius 1 is 1.19 bits per heavy atom. The normalized spacial score (nSPS) is 21.0. The zero-order chi connectivity index (χ0) is 15.2. The Morgan fingerprint density at radius 2 is 1.90 bits per heavy atom. The molecule has 4 N–H and O–H groups in total. The molecule has 1 aliphatic carbocycles. The summed E-state index contributed by atoms with van der Waals surface area (Å²) in [5.41, 5.74) is 6.22. The van der Waals surface area contributed by atoms with Gasteiger partial charge in [-0.1, -0.05) is 23.7 Å². The van der Waals surface area contributed by atoms with E-state index in [1.165, 1.54) is 0 Å². The highest BCUT2D eigenvalue weighted by Gasteiger charge is 2.27. The summed E-state index contributed by atoms with van der Waals surface area (Å²) >= 11 is 5.94. The highest BCUT2D eigenvalue weighted by molar-refractivity contribution is 6.33. The summed E-state index contributed by atoms with van der Waals surface area (Å²) in [7, 11) is 0. The fraction of sp³-hybridized carbons (Fsp3) is 0.467. The Kier molecular flexibility index (Phi) is 5.59. The smallest absolute Gasteiger partial charge is 0.252 e. The monoisotopic (exact) mass is 309 g/mol. The van der Waals surface area contributed by atoms with Crippen molar-refractivity contribution in [2.45, 2.75) is 25.3 Å². The largest absolute Gasteiger partial charge is 0.354 e. The molecule has 0 heterocycles. The minimum absolute atomic E-state index is 0.0132. The van der Waals surface area contributed by atoms with Crippen molar-refractivity contribution in [1.82, 2.24) is 10.6 Å². The number of nitrogens with two attached hydrogens (primary N) is 1. The van der Waals surface area contributed by atoms with Gasteiger partial charge in [0.15, 0.2) is 0 Å². The van der Waals surface area contributed by atoms with Crippen molar-refractivity contribution in [1.29, 1.82) is 0 Å². The molecule has 2 atom stereocenters. The molecule has 0 bridgehead atoms. The van der Waals surface area contributed by atoms with Gasteiger partial charge in [0.25, 0.3) is 5.91 Å². The maximum atomic E-state index is 11.9. The van der Waals surface area contributed by atoms with Crippen LogP contribution in [0.5, 0.6) is 0 Å². The van der Waals surface area contributed by atoms with Gasteiger partial charge in [-0.05, 0) is 31.4 Å². The van der Waals surface area contributed by atoms with Crippen molar-refractivity contribution in [2.24, 2.45) is 11.7 Å². The number of benzene rings is 1. The molecule has 2 unspecified atom stereocenters. The van der Waals surface area contributed by atoms with E-state index in [0.29, 0.717) is 23.7 Å². The zero-order valence-corrected chi connectivity index (χ0v) is 12.5. The summed E-state index contributed by atoms with van der Waals surface area (Å²) in [5, 5.41) is 5.97. The third kappa shape index (κ3) is 4.44. The van der Waals surface area contributed by atoms with Gasteiger partial charge in [0.05, 0.1) is 10.6 Å². The molecule has 2 amide bonds. The predicted octanol–water partition coefficient (Wildman–Crippen LogP) is 1.31. The molecule has 0 saturated heterocycles. The molecule has 21 heavy (non-hydrogen) atoms. The highest BCUT2D eigenvalue weighted by atomic mass is 35.5. The van der Waals surface area contributed by atoms with Crippen LogP contribution in [0.15, 0.2) is 24.3 Å². The summed E-state index contributed by atoms with van der Waals surface area (Å²) in [6.07, 6.45) is 2.50. The van der Waals surface area contributed by atoms with Crippen molar-refractivity contribution >= 4 is 23.4 Å². The Balaban J connectivity index is 1.69. The van der Waals surface area contributed by atoms with Gasteiger partial charge in [-0.2, -0.15) is 0 Å². The lowest BCUT2D eigenvalue weighted by atomic mass is 10.1. The quantitative estimate of drug-likeness (QED) is 0.717. The first-order valence-corrected chi connectivity index (χ1v) is 7.51. The summed E-state index contributed by atoms with van der Waals surface area (Å²) in [6, 6.07) is 7.00. The Hall–Kier alpha value is -1.59. The number of amides is 2. The van der Waals surface area contributed by atoms with Crippen molar-refractivity contribution in [3.05, 3.63) is 34.9 Å². The summed E-state index contributed by atoms with van der Waals surface area (Å²) in [6.45, 7) is 0.773. The standard InChI is InChI=1S/C15H20ClN3O2/c16-13-4-2-1-3-12(13)15(21)19-8-7-18-14(20)10-5-6-11(17)9-10/h1-4,10-11H,5-9,17H2,(H,18,20)(H,19,21). The average Bonchev–Trinajstić information content (AvgIpc) is 2.90. The van der Waals surface area contributed by atoms with Crippen LogP contribution in [0.4, 0.5) is 0 Å². The molecule has 1 fully saturated rings. The number of hydrogen-bond donors (Lipinski definition) is 3. The van der Waals surface area contributed by atoms with Crippen LogP contribution in [-0.4, -0.2) is 30.9 Å². The molecule has 1 saturated carbocycles. The van der Waals surface area contributed by atoms with Gasteiger partial charge in [0.2, 0.25) is 5.91 Å². The second-order valence-corrected chi connectivity index (χ2v) is 5.70. The van der Waals surface area contributed by atoms with Gasteiger partial charge in [-0.15, -0.1) is 0 Å². The van der Waals surface area contributed by atoms with Gasteiger partial charge in [-0.25, -0.2) is 0 Å². The molecule has 1 aromatic rings. The third-order valence-corrected chi connectivity index (χ3v) is 4.00. The van der Waals surface area contributed by atoms with Crippen LogP contribution in [0.3, 0.4) is 0 Å². The first-order valence-electron chi connectivity index (χ1n) is 7.14. The molecule has 114 valence electrons. The molecule has 2 rings (SSSR count). The Morgan fingerprint density at radius 3 is 2.57 bits per heavy atom. The van der Waals surface area contributed by atoms with E-state index in [9.17, 15) is 9.59 Å². The van der Waals surface area contributed by atoms with E-state index in [1.807, 2.05) is 0 Å². The molecule has 0 radical (unpaired) electrons. The number of carbonyl (C=O) groups is 2. The van der Waals surface area contributed by atoms with Crippen LogP contribution in [0.1, 0.15) is 29.6 Å². The molecular weight excluding hydrogens is 290 g/mol. The number of rotatable bonds is 5. The van der Waals surface area contributed by atoms with Gasteiger partial charge >= 0.3 is 0 Å². The third-order valence-electron chi connectivity index (χ3n) is 3.67. The SMILES string of the molecule is NC1CCC(C(=O)NCCNC(=O)c2ccccc2Cl)C1. The van der Waals surface area contributed by atoms with Crippen LogP contribution in [-0.2, 0) is 4.79 Å². The fourth-order valence-electron chi connectivity index (χ4n) is 2.50. The first kappa shape index (κ1) is 15.8. The maximum absolute atomic E-state index is 11.9. The summed E-state index contributed by atoms with van der Waals surface area (Å²) in [4.78, 5) is 23.7. The van der Waals surface area contributed by atoms with Gasteiger partial charge in [0.1, 0.15) is 0 Å². The fourth-order valence-corrected chi connectivity index (χ4v) is 2.72. The van der Waals surface area contributed by atoms with E-state index in [1.54, 1.807) is 24.3 Å². The van der Waals surface area contributed by atoms with Gasteiger partial charge in [-0.3, -0.25) is 9.59 Å². The molecule has 0 spiro atoms. The number of hydrogen-bond acceptors (Lipinski definition) is 3. The summed E-state index contributed by atoms with van der Waals surface area (Å²) in [5.74, 6) is -0.202. The molecular formula is C15H20ClN3O2. The lowest BCUT2D eigenvalue weighted by Gasteiger charge is -2.11. The lowest BCUT2D eigenvalue weighted by molar-refractivity contribution is -0.124. The number of nitrogens with one attached hydrogen (secondary N) is 2. The summed E-state index contributed by atoms with van der Waals surface area (Å²) < 4.78 is 0. The van der Waals surface area contributed by atoms with E-state index in [4.69, 9.17) is 17.3 Å². The first-order chi connectivity index (χ1) is 10.1. The van der Waals surface area contributed by atoms with Crippen LogP contribution in [0, 0.1) is 5.92 Å². The van der Waals surface area contributed by atoms with Gasteiger partial charge in [0, 0.05) is 25.0 Å². The molecule has 6 heteroatoms. The lowest BCUT2D eigenvalue weighted by Crippen LogP contribution is -2.37. The second-order valence-electron chi connectivity index (χ2n) is 5.30. The van der Waals surface area contributed by atoms with Crippen LogP contribution >= 0.6 is 11.6 Å². The topological polar surface area (TPSA) is 84.2 Å².